The van der Waals surface area contributed by atoms with E-state index >= 15 is 0 Å². The molecule has 1 heterocycles. The highest BCUT2D eigenvalue weighted by atomic mass is 19.4. The minimum absolute atomic E-state index is 0.197. The molecule has 1 aliphatic heterocycles. The Kier molecular flexibility index (Phi) is 5.54. The highest BCUT2D eigenvalue weighted by Crippen LogP contribution is 2.43. The molecule has 0 spiro atoms. The first-order valence-electron chi connectivity index (χ1n) is 8.05. The van der Waals surface area contributed by atoms with Crippen LogP contribution in [0, 0.1) is 5.92 Å². The van der Waals surface area contributed by atoms with Gasteiger partial charge in [0.15, 0.2) is 0 Å². The molecule has 1 unspecified atom stereocenters. The number of nitrogens with zero attached hydrogens (tertiary/aromatic N) is 1. The Bertz CT molecular complexity index is 321. The third kappa shape index (κ3) is 3.90. The standard InChI is InChI=1S/C15H27F3N2O/c1-2-20(10-13-4-3-9-21-13)14(11-19)7-5-12(6-8-14)15(16,17)18/h12-13H,2-11,19H2,1H3. The molecule has 6 heteroatoms. The van der Waals surface area contributed by atoms with Gasteiger partial charge in [-0.3, -0.25) is 4.90 Å². The molecule has 1 saturated heterocycles. The lowest BCUT2D eigenvalue weighted by molar-refractivity contribution is -0.188. The molecule has 1 atom stereocenters. The van der Waals surface area contributed by atoms with Crippen LogP contribution in [-0.4, -0.2) is 49.0 Å². The molecular formula is C15H27F3N2O. The van der Waals surface area contributed by atoms with Crippen LogP contribution in [0.15, 0.2) is 0 Å². The van der Waals surface area contributed by atoms with Gasteiger partial charge in [0.2, 0.25) is 0 Å². The number of rotatable bonds is 5. The molecule has 0 aromatic carbocycles. The van der Waals surface area contributed by atoms with Crippen LogP contribution in [0.2, 0.25) is 0 Å². The molecule has 2 rings (SSSR count). The number of halogens is 3. The Morgan fingerprint density at radius 2 is 1.90 bits per heavy atom. The van der Waals surface area contributed by atoms with Crippen LogP contribution in [0.4, 0.5) is 13.2 Å². The molecule has 0 aromatic rings. The number of hydrogen-bond donors (Lipinski definition) is 1. The zero-order chi connectivity index (χ0) is 15.5. The molecule has 1 saturated carbocycles. The SMILES string of the molecule is CCN(CC1CCCO1)C1(CN)CCC(C(F)(F)F)CC1. The topological polar surface area (TPSA) is 38.5 Å². The summed E-state index contributed by atoms with van der Waals surface area (Å²) in [4.78, 5) is 2.27. The predicted octanol–water partition coefficient (Wildman–Crippen LogP) is 2.94. The molecular weight excluding hydrogens is 281 g/mol. The lowest BCUT2D eigenvalue weighted by Crippen LogP contribution is -2.58. The highest BCUT2D eigenvalue weighted by molar-refractivity contribution is 4.97. The van der Waals surface area contributed by atoms with Crippen LogP contribution >= 0.6 is 0 Å². The van der Waals surface area contributed by atoms with Gasteiger partial charge in [0.1, 0.15) is 0 Å². The van der Waals surface area contributed by atoms with Crippen molar-refractivity contribution in [1.29, 1.82) is 0 Å². The van der Waals surface area contributed by atoms with E-state index in [9.17, 15) is 13.2 Å². The minimum atomic E-state index is -4.06. The average molecular weight is 308 g/mol. The van der Waals surface area contributed by atoms with Gasteiger partial charge >= 0.3 is 6.18 Å². The summed E-state index contributed by atoms with van der Waals surface area (Å²) in [5.74, 6) is -1.15. The highest BCUT2D eigenvalue weighted by Gasteiger charge is 2.47. The summed E-state index contributed by atoms with van der Waals surface area (Å²) in [6.07, 6.45) is -0.259. The van der Waals surface area contributed by atoms with Gasteiger partial charge in [-0.15, -0.1) is 0 Å². The van der Waals surface area contributed by atoms with E-state index in [0.29, 0.717) is 19.4 Å². The van der Waals surface area contributed by atoms with E-state index < -0.39 is 12.1 Å². The van der Waals surface area contributed by atoms with E-state index in [2.05, 4.69) is 11.8 Å². The van der Waals surface area contributed by atoms with E-state index in [0.717, 1.165) is 32.5 Å². The second kappa shape index (κ2) is 6.84. The Balaban J connectivity index is 1.99. The number of nitrogens with two attached hydrogens (primary N) is 1. The van der Waals surface area contributed by atoms with Gasteiger partial charge < -0.3 is 10.5 Å². The third-order valence-electron chi connectivity index (χ3n) is 5.26. The summed E-state index contributed by atoms with van der Waals surface area (Å²) in [6, 6.07) is 0. The van der Waals surface area contributed by atoms with Gasteiger partial charge in [-0.2, -0.15) is 13.2 Å². The van der Waals surface area contributed by atoms with Crippen molar-refractivity contribution in [1.82, 2.24) is 4.90 Å². The van der Waals surface area contributed by atoms with Crippen LogP contribution < -0.4 is 5.73 Å². The monoisotopic (exact) mass is 308 g/mol. The zero-order valence-corrected chi connectivity index (χ0v) is 12.8. The number of likely N-dealkylation sites (N-methyl/N-ethyl adjacent to an activating group) is 1. The van der Waals surface area contributed by atoms with Gasteiger partial charge in [-0.05, 0) is 45.1 Å². The number of ether oxygens (including phenoxy) is 1. The molecule has 124 valence electrons. The lowest BCUT2D eigenvalue weighted by Gasteiger charge is -2.48. The summed E-state index contributed by atoms with van der Waals surface area (Å²) in [7, 11) is 0. The van der Waals surface area contributed by atoms with E-state index in [1.54, 1.807) is 0 Å². The third-order valence-corrected chi connectivity index (χ3v) is 5.26. The first-order valence-corrected chi connectivity index (χ1v) is 8.05. The van der Waals surface area contributed by atoms with E-state index in [4.69, 9.17) is 10.5 Å². The van der Waals surface area contributed by atoms with Gasteiger partial charge in [-0.1, -0.05) is 6.92 Å². The normalized spacial score (nSPS) is 34.6. The summed E-state index contributed by atoms with van der Waals surface area (Å²) < 4.78 is 44.2. The lowest BCUT2D eigenvalue weighted by atomic mass is 9.75. The largest absolute Gasteiger partial charge is 0.391 e. The smallest absolute Gasteiger partial charge is 0.377 e. The quantitative estimate of drug-likeness (QED) is 0.848. The second-order valence-electron chi connectivity index (χ2n) is 6.42. The Labute approximate surface area is 125 Å². The van der Waals surface area contributed by atoms with Crippen molar-refractivity contribution in [3.8, 4) is 0 Å². The van der Waals surface area contributed by atoms with Gasteiger partial charge in [0.25, 0.3) is 0 Å². The molecule has 21 heavy (non-hydrogen) atoms. The summed E-state index contributed by atoms with van der Waals surface area (Å²) in [5.41, 5.74) is 5.70. The van der Waals surface area contributed by atoms with Crippen LogP contribution in [0.3, 0.4) is 0 Å². The van der Waals surface area contributed by atoms with E-state index in [-0.39, 0.29) is 24.5 Å². The van der Waals surface area contributed by atoms with Gasteiger partial charge in [-0.25, -0.2) is 0 Å². The van der Waals surface area contributed by atoms with Crippen molar-refractivity contribution in [2.45, 2.75) is 63.3 Å². The van der Waals surface area contributed by atoms with Gasteiger partial charge in [0, 0.05) is 25.2 Å². The zero-order valence-electron chi connectivity index (χ0n) is 12.8. The van der Waals surface area contributed by atoms with Crippen molar-refractivity contribution >= 4 is 0 Å². The Morgan fingerprint density at radius 3 is 2.33 bits per heavy atom. The maximum atomic E-state index is 12.8. The maximum absolute atomic E-state index is 12.8. The van der Waals surface area contributed by atoms with Crippen molar-refractivity contribution < 1.29 is 17.9 Å². The molecule has 0 radical (unpaired) electrons. The van der Waals surface area contributed by atoms with Gasteiger partial charge in [0.05, 0.1) is 12.0 Å². The van der Waals surface area contributed by atoms with Crippen molar-refractivity contribution in [3.05, 3.63) is 0 Å². The maximum Gasteiger partial charge on any atom is 0.391 e. The van der Waals surface area contributed by atoms with E-state index in [1.165, 1.54) is 0 Å². The fraction of sp³-hybridized carbons (Fsp3) is 1.00. The first-order chi connectivity index (χ1) is 9.91. The van der Waals surface area contributed by atoms with Crippen LogP contribution in [0.25, 0.3) is 0 Å². The molecule has 0 bridgehead atoms. The predicted molar refractivity (Wildman–Crippen MR) is 76.0 cm³/mol. The van der Waals surface area contributed by atoms with Crippen LogP contribution in [-0.2, 0) is 4.74 Å². The molecule has 0 aromatic heterocycles. The summed E-state index contributed by atoms with van der Waals surface area (Å²) in [6.45, 7) is 4.90. The molecule has 2 N–H and O–H groups in total. The Morgan fingerprint density at radius 1 is 1.24 bits per heavy atom. The summed E-state index contributed by atoms with van der Waals surface area (Å²) in [5, 5.41) is 0. The Hall–Kier alpha value is -0.330. The van der Waals surface area contributed by atoms with Crippen molar-refractivity contribution in [2.75, 3.05) is 26.2 Å². The average Bonchev–Trinajstić information content (AvgIpc) is 2.97. The minimum Gasteiger partial charge on any atom is -0.377 e. The fourth-order valence-electron chi connectivity index (χ4n) is 3.82. The molecule has 0 amide bonds. The first kappa shape index (κ1) is 17.0. The van der Waals surface area contributed by atoms with Crippen molar-refractivity contribution in [3.63, 3.8) is 0 Å². The molecule has 1 aliphatic carbocycles. The fourth-order valence-corrected chi connectivity index (χ4v) is 3.82. The number of alkyl halides is 3. The number of hydrogen-bond acceptors (Lipinski definition) is 3. The van der Waals surface area contributed by atoms with Crippen LogP contribution in [0.1, 0.15) is 45.4 Å². The van der Waals surface area contributed by atoms with E-state index in [1.807, 2.05) is 0 Å². The molecule has 2 fully saturated rings. The van der Waals surface area contributed by atoms with Crippen LogP contribution in [0.5, 0.6) is 0 Å². The second-order valence-corrected chi connectivity index (χ2v) is 6.42. The summed E-state index contributed by atoms with van der Waals surface area (Å²) >= 11 is 0. The molecule has 2 aliphatic rings. The van der Waals surface area contributed by atoms with Crippen molar-refractivity contribution in [2.24, 2.45) is 11.7 Å². The molecule has 3 nitrogen and oxygen atoms in total.